The van der Waals surface area contributed by atoms with Gasteiger partial charge in [0.15, 0.2) is 11.5 Å². The molecule has 8 nitrogen and oxygen atoms in total. The minimum Gasteiger partial charge on any atom is -0.492 e. The quantitative estimate of drug-likeness (QED) is 0.226. The molecule has 2 aliphatic rings. The Balaban J connectivity index is 1.33. The topological polar surface area (TPSA) is 92.7 Å². The molecular weight excluding hydrogens is 612 g/mol. The maximum absolute atomic E-state index is 14.0. The van der Waals surface area contributed by atoms with E-state index in [1.54, 1.807) is 7.11 Å². The number of nitrogens with one attached hydrogen (secondary N) is 2. The number of methoxy groups -OCH3 is 1. The molecular formula is C41H58N4O4. The van der Waals surface area contributed by atoms with Crippen molar-refractivity contribution >= 4 is 39.9 Å². The fourth-order valence-corrected chi connectivity index (χ4v) is 7.88. The minimum absolute atomic E-state index is 0.118. The van der Waals surface area contributed by atoms with Crippen molar-refractivity contribution in [1.29, 1.82) is 0 Å². The van der Waals surface area contributed by atoms with E-state index in [2.05, 4.69) is 61.6 Å². The first kappa shape index (κ1) is 36.6. The van der Waals surface area contributed by atoms with Gasteiger partial charge in [-0.3, -0.25) is 19.3 Å². The summed E-state index contributed by atoms with van der Waals surface area (Å²) in [6.45, 7) is 11.0. The molecule has 1 aromatic heterocycles. The molecule has 5 rings (SSSR count). The summed E-state index contributed by atoms with van der Waals surface area (Å²) in [4.78, 5) is 42.3. The van der Waals surface area contributed by atoms with Crippen molar-refractivity contribution in [1.82, 2.24) is 9.47 Å². The Morgan fingerprint density at radius 3 is 2.29 bits per heavy atom. The van der Waals surface area contributed by atoms with E-state index in [0.29, 0.717) is 34.5 Å². The van der Waals surface area contributed by atoms with Crippen molar-refractivity contribution in [2.24, 2.45) is 24.8 Å². The number of hydrogen-bond acceptors (Lipinski definition) is 5. The third-order valence-corrected chi connectivity index (χ3v) is 11.0. The molecule has 3 atom stereocenters. The number of carbonyl (C=O) groups excluding carboxylic acids is 3. The smallest absolute Gasteiger partial charge is 0.272 e. The van der Waals surface area contributed by atoms with Gasteiger partial charge in [0, 0.05) is 24.3 Å². The predicted molar refractivity (Wildman–Crippen MR) is 200 cm³/mol. The number of nitrogens with zero attached hydrogens (tertiary/aromatic N) is 2. The van der Waals surface area contributed by atoms with Crippen molar-refractivity contribution in [2.45, 2.75) is 110 Å². The van der Waals surface area contributed by atoms with E-state index in [-0.39, 0.29) is 35.1 Å². The van der Waals surface area contributed by atoms with Crippen LogP contribution in [-0.4, -0.2) is 53.8 Å². The molecule has 3 aromatic rings. The van der Waals surface area contributed by atoms with E-state index in [0.717, 1.165) is 74.4 Å². The average Bonchev–Trinajstić information content (AvgIpc) is 3.62. The molecule has 2 amide bonds. The molecule has 2 aromatic carbocycles. The van der Waals surface area contributed by atoms with Crippen LogP contribution < -0.4 is 15.4 Å². The van der Waals surface area contributed by atoms with Crippen molar-refractivity contribution < 1.29 is 19.1 Å². The summed E-state index contributed by atoms with van der Waals surface area (Å²) >= 11 is 0. The summed E-state index contributed by atoms with van der Waals surface area (Å²) in [7, 11) is 5.62. The van der Waals surface area contributed by atoms with Gasteiger partial charge in [0.2, 0.25) is 5.91 Å². The first-order valence-electron chi connectivity index (χ1n) is 18.4. The lowest BCUT2D eigenvalue weighted by atomic mass is 9.80. The Labute approximate surface area is 293 Å². The van der Waals surface area contributed by atoms with Gasteiger partial charge in [0.05, 0.1) is 30.0 Å². The Bertz CT molecular complexity index is 1670. The van der Waals surface area contributed by atoms with E-state index in [1.165, 1.54) is 18.4 Å². The van der Waals surface area contributed by atoms with E-state index >= 15 is 0 Å². The first-order valence-corrected chi connectivity index (χ1v) is 18.4. The number of ketones is 1. The lowest BCUT2D eigenvalue weighted by Gasteiger charge is -2.28. The molecule has 1 saturated heterocycles. The molecule has 0 radical (unpaired) electrons. The molecule has 2 fully saturated rings. The molecule has 0 bridgehead atoms. The molecule has 3 unspecified atom stereocenters. The van der Waals surface area contributed by atoms with Crippen LogP contribution in [0, 0.1) is 17.8 Å². The zero-order valence-corrected chi connectivity index (χ0v) is 31.1. The number of anilines is 2. The fourth-order valence-electron chi connectivity index (χ4n) is 7.88. The van der Waals surface area contributed by atoms with Gasteiger partial charge in [-0.05, 0) is 99.2 Å². The van der Waals surface area contributed by atoms with Crippen molar-refractivity contribution in [3.05, 3.63) is 53.2 Å². The van der Waals surface area contributed by atoms with Crippen LogP contribution in [0.3, 0.4) is 0 Å². The third-order valence-electron chi connectivity index (χ3n) is 11.0. The molecule has 49 heavy (non-hydrogen) atoms. The van der Waals surface area contributed by atoms with Gasteiger partial charge < -0.3 is 19.9 Å². The maximum Gasteiger partial charge on any atom is 0.272 e. The van der Waals surface area contributed by atoms with E-state index < -0.39 is 0 Å². The summed E-state index contributed by atoms with van der Waals surface area (Å²) in [5.74, 6) is 1.15. The number of aromatic nitrogens is 1. The Hall–Kier alpha value is -3.65. The Morgan fingerprint density at radius 2 is 1.63 bits per heavy atom. The average molecular weight is 671 g/mol. The fraction of sp³-hybridized carbons (Fsp3) is 0.585. The highest BCUT2D eigenvalue weighted by Gasteiger charge is 2.33. The molecule has 0 spiro atoms. The van der Waals surface area contributed by atoms with Crippen LogP contribution in [0.25, 0.3) is 10.9 Å². The van der Waals surface area contributed by atoms with Crippen LogP contribution in [0.15, 0.2) is 36.4 Å². The second kappa shape index (κ2) is 15.5. The number of rotatable bonds is 10. The monoisotopic (exact) mass is 670 g/mol. The van der Waals surface area contributed by atoms with Gasteiger partial charge in [-0.15, -0.1) is 0 Å². The molecule has 2 N–H and O–H groups in total. The summed E-state index contributed by atoms with van der Waals surface area (Å²) in [6, 6.07) is 12.3. The van der Waals surface area contributed by atoms with E-state index in [9.17, 15) is 14.4 Å². The van der Waals surface area contributed by atoms with Gasteiger partial charge >= 0.3 is 0 Å². The Kier molecular flexibility index (Phi) is 11.6. The number of hydrogen-bond donors (Lipinski definition) is 2. The van der Waals surface area contributed by atoms with Gasteiger partial charge in [0.25, 0.3) is 5.91 Å². The van der Waals surface area contributed by atoms with Crippen LogP contribution in [0.1, 0.15) is 114 Å². The number of amides is 2. The highest BCUT2D eigenvalue weighted by atomic mass is 16.5. The summed E-state index contributed by atoms with van der Waals surface area (Å²) in [6.07, 6.45) is 10.9. The number of benzene rings is 2. The first-order chi connectivity index (χ1) is 23.3. The predicted octanol–water partition coefficient (Wildman–Crippen LogP) is 8.51. The molecule has 1 saturated carbocycles. The second-order valence-corrected chi connectivity index (χ2v) is 15.9. The number of Topliss-reactive ketones (excluding diaryl/α,β-unsaturated/α-hetero) is 1. The van der Waals surface area contributed by atoms with Gasteiger partial charge in [0.1, 0.15) is 5.69 Å². The molecule has 2 heterocycles. The second-order valence-electron chi connectivity index (χ2n) is 15.9. The number of fused-ring (bicyclic) bond motifs is 1. The SMILES string of the molecule is COc1c(NC(=O)c2cc3cccc(CCC4CCCCC(C(=O)C5CCCN5C)CC4)c3n2C)cc(C(C)(C)C)cc1NC(=O)C(C)C. The van der Waals surface area contributed by atoms with Crippen molar-refractivity contribution in [3.8, 4) is 5.75 Å². The standard InChI is InChI=1S/C41H58N4O4/c1-26(2)39(47)42-32-24-31(41(3,4)5)25-33(38(32)49-8)43-40(48)35-23-30-16-11-15-28(36(30)45(35)7)20-18-27-13-9-10-14-29(21-19-27)37(46)34-17-12-22-44(34)6/h11,15-16,23-27,29,34H,9-10,12-14,17-22H2,1-8H3,(H,42,47)(H,43,48). The minimum atomic E-state index is -0.237. The molecule has 266 valence electrons. The third kappa shape index (κ3) is 8.39. The van der Waals surface area contributed by atoms with Crippen LogP contribution >= 0.6 is 0 Å². The van der Waals surface area contributed by atoms with Gasteiger partial charge in [-0.25, -0.2) is 0 Å². The molecule has 1 aliphatic heterocycles. The molecule has 1 aliphatic carbocycles. The number of ether oxygens (including phenoxy) is 1. The number of para-hydroxylation sites is 1. The summed E-state index contributed by atoms with van der Waals surface area (Å²) in [5, 5.41) is 7.16. The zero-order valence-electron chi connectivity index (χ0n) is 31.1. The largest absolute Gasteiger partial charge is 0.492 e. The van der Waals surface area contributed by atoms with Gasteiger partial charge in [-0.1, -0.05) is 72.1 Å². The van der Waals surface area contributed by atoms with Gasteiger partial charge in [-0.2, -0.15) is 0 Å². The normalized spacial score (nSPS) is 20.6. The lowest BCUT2D eigenvalue weighted by molar-refractivity contribution is -0.127. The number of aryl methyl sites for hydroxylation is 2. The molecule has 8 heteroatoms. The van der Waals surface area contributed by atoms with Crippen LogP contribution in [0.4, 0.5) is 11.4 Å². The maximum atomic E-state index is 14.0. The number of carbonyl (C=O) groups is 3. The van der Waals surface area contributed by atoms with Crippen LogP contribution in [0.2, 0.25) is 0 Å². The van der Waals surface area contributed by atoms with Crippen molar-refractivity contribution in [2.75, 3.05) is 31.3 Å². The Morgan fingerprint density at radius 1 is 0.918 bits per heavy atom. The van der Waals surface area contributed by atoms with Crippen LogP contribution in [0.5, 0.6) is 5.75 Å². The highest BCUT2D eigenvalue weighted by molar-refractivity contribution is 6.08. The van der Waals surface area contributed by atoms with E-state index in [4.69, 9.17) is 4.74 Å². The number of likely N-dealkylation sites (tertiary alicyclic amines) is 1. The van der Waals surface area contributed by atoms with E-state index in [1.807, 2.05) is 43.7 Å². The highest BCUT2D eigenvalue weighted by Crippen LogP contribution is 2.40. The summed E-state index contributed by atoms with van der Waals surface area (Å²) < 4.78 is 7.78. The lowest BCUT2D eigenvalue weighted by Crippen LogP contribution is -2.37. The zero-order chi connectivity index (χ0) is 35.5. The summed E-state index contributed by atoms with van der Waals surface area (Å²) in [5.41, 5.74) is 4.69. The van der Waals surface area contributed by atoms with Crippen molar-refractivity contribution in [3.63, 3.8) is 0 Å². The number of likely N-dealkylation sites (N-methyl/N-ethyl adjacent to an activating group) is 1. The van der Waals surface area contributed by atoms with Crippen LogP contribution in [-0.2, 0) is 28.5 Å².